The molecule has 0 aliphatic rings. The second-order valence-electron chi connectivity index (χ2n) is 5.42. The molecule has 0 aliphatic carbocycles. The molecular weight excluding hydrogens is 252 g/mol. The van der Waals surface area contributed by atoms with Crippen LogP contribution < -0.4 is 10.6 Å². The van der Waals surface area contributed by atoms with Crippen molar-refractivity contribution in [3.63, 3.8) is 0 Å². The van der Waals surface area contributed by atoms with Gasteiger partial charge in [0.2, 0.25) is 0 Å². The maximum absolute atomic E-state index is 9.46. The number of hydrogen-bond acceptors (Lipinski definition) is 5. The van der Waals surface area contributed by atoms with Gasteiger partial charge in [-0.3, -0.25) is 0 Å². The van der Waals surface area contributed by atoms with E-state index in [1.165, 1.54) is 0 Å². The van der Waals surface area contributed by atoms with Crippen LogP contribution in [0.2, 0.25) is 0 Å². The standard InChI is InChI=1S/C15H28N4O/c1-6-8-16-14-11(5)15(19-13(7-2)18-14)17-12(9-20)10(3)4/h10,12,20H,6-9H2,1-5H3,(H2,16,17,18,19)/t12-/m1/s1. The van der Waals surface area contributed by atoms with Gasteiger partial charge in [0.25, 0.3) is 0 Å². The molecule has 0 saturated carbocycles. The van der Waals surface area contributed by atoms with E-state index in [4.69, 9.17) is 0 Å². The van der Waals surface area contributed by atoms with Crippen molar-refractivity contribution in [3.8, 4) is 0 Å². The first-order valence-electron chi connectivity index (χ1n) is 7.52. The Hall–Kier alpha value is -1.36. The van der Waals surface area contributed by atoms with Gasteiger partial charge in [-0.05, 0) is 19.3 Å². The third kappa shape index (κ3) is 4.34. The quantitative estimate of drug-likeness (QED) is 0.683. The molecule has 1 heterocycles. The molecule has 5 heteroatoms. The van der Waals surface area contributed by atoms with Gasteiger partial charge in [0.05, 0.1) is 12.6 Å². The van der Waals surface area contributed by atoms with E-state index in [0.29, 0.717) is 5.92 Å². The number of aliphatic hydroxyl groups is 1. The Morgan fingerprint density at radius 1 is 1.15 bits per heavy atom. The second kappa shape index (κ2) is 8.04. The van der Waals surface area contributed by atoms with Crippen LogP contribution in [0.25, 0.3) is 0 Å². The predicted molar refractivity (Wildman–Crippen MR) is 84.3 cm³/mol. The maximum Gasteiger partial charge on any atom is 0.135 e. The first-order chi connectivity index (χ1) is 9.53. The fourth-order valence-corrected chi connectivity index (χ4v) is 1.88. The van der Waals surface area contributed by atoms with Gasteiger partial charge in [0, 0.05) is 18.5 Å². The SMILES string of the molecule is CCCNc1nc(CC)nc(N[C@H](CO)C(C)C)c1C. The maximum atomic E-state index is 9.46. The Morgan fingerprint density at radius 3 is 2.30 bits per heavy atom. The van der Waals surface area contributed by atoms with Crippen LogP contribution in [0, 0.1) is 12.8 Å². The smallest absolute Gasteiger partial charge is 0.135 e. The number of anilines is 2. The summed E-state index contributed by atoms with van der Waals surface area (Å²) < 4.78 is 0. The topological polar surface area (TPSA) is 70.1 Å². The minimum atomic E-state index is 0.00679. The Bertz CT molecular complexity index is 421. The summed E-state index contributed by atoms with van der Waals surface area (Å²) in [6, 6.07) is 0.00679. The molecule has 1 rings (SSSR count). The van der Waals surface area contributed by atoms with Crippen molar-refractivity contribution in [2.24, 2.45) is 5.92 Å². The van der Waals surface area contributed by atoms with Crippen molar-refractivity contribution >= 4 is 11.6 Å². The molecule has 0 aliphatic heterocycles. The average Bonchev–Trinajstić information content (AvgIpc) is 2.44. The summed E-state index contributed by atoms with van der Waals surface area (Å²) in [6.45, 7) is 11.3. The van der Waals surface area contributed by atoms with Crippen LogP contribution in [-0.2, 0) is 6.42 Å². The molecule has 0 bridgehead atoms. The summed E-state index contributed by atoms with van der Waals surface area (Å²) in [6.07, 6.45) is 1.85. The summed E-state index contributed by atoms with van der Waals surface area (Å²) >= 11 is 0. The van der Waals surface area contributed by atoms with E-state index in [-0.39, 0.29) is 12.6 Å². The monoisotopic (exact) mass is 280 g/mol. The van der Waals surface area contributed by atoms with Crippen molar-refractivity contribution in [1.82, 2.24) is 9.97 Å². The molecule has 114 valence electrons. The molecule has 0 unspecified atom stereocenters. The summed E-state index contributed by atoms with van der Waals surface area (Å²) in [5.74, 6) is 2.87. The van der Waals surface area contributed by atoms with Crippen LogP contribution in [0.3, 0.4) is 0 Å². The normalized spacial score (nSPS) is 12.6. The van der Waals surface area contributed by atoms with E-state index in [2.05, 4.69) is 41.4 Å². The van der Waals surface area contributed by atoms with Crippen molar-refractivity contribution in [2.45, 2.75) is 53.5 Å². The molecule has 0 aromatic carbocycles. The first kappa shape index (κ1) is 16.7. The zero-order valence-electron chi connectivity index (χ0n) is 13.3. The Kier molecular flexibility index (Phi) is 6.71. The summed E-state index contributed by atoms with van der Waals surface area (Å²) in [5, 5.41) is 16.2. The van der Waals surface area contributed by atoms with Crippen molar-refractivity contribution < 1.29 is 5.11 Å². The molecule has 3 N–H and O–H groups in total. The van der Waals surface area contributed by atoms with Gasteiger partial charge in [-0.2, -0.15) is 0 Å². The number of aromatic nitrogens is 2. The van der Waals surface area contributed by atoms with Crippen LogP contribution in [0.15, 0.2) is 0 Å². The van der Waals surface area contributed by atoms with Crippen LogP contribution in [0.1, 0.15) is 45.5 Å². The highest BCUT2D eigenvalue weighted by Crippen LogP contribution is 2.22. The molecule has 1 aromatic heterocycles. The zero-order chi connectivity index (χ0) is 15.1. The van der Waals surface area contributed by atoms with Gasteiger partial charge in [0.1, 0.15) is 17.5 Å². The fourth-order valence-electron chi connectivity index (χ4n) is 1.88. The average molecular weight is 280 g/mol. The second-order valence-corrected chi connectivity index (χ2v) is 5.42. The minimum absolute atomic E-state index is 0.00679. The molecule has 0 fully saturated rings. The third-order valence-corrected chi connectivity index (χ3v) is 3.37. The molecular formula is C15H28N4O. The van der Waals surface area contributed by atoms with Gasteiger partial charge in [-0.1, -0.05) is 27.7 Å². The van der Waals surface area contributed by atoms with Crippen LogP contribution in [0.5, 0.6) is 0 Å². The van der Waals surface area contributed by atoms with Crippen molar-refractivity contribution in [1.29, 1.82) is 0 Å². The van der Waals surface area contributed by atoms with Gasteiger partial charge >= 0.3 is 0 Å². The molecule has 0 radical (unpaired) electrons. The van der Waals surface area contributed by atoms with Crippen molar-refractivity contribution in [2.75, 3.05) is 23.8 Å². The van der Waals surface area contributed by atoms with E-state index >= 15 is 0 Å². The third-order valence-electron chi connectivity index (χ3n) is 3.37. The number of nitrogens with zero attached hydrogens (tertiary/aromatic N) is 2. The highest BCUT2D eigenvalue weighted by Gasteiger charge is 2.16. The fraction of sp³-hybridized carbons (Fsp3) is 0.733. The van der Waals surface area contributed by atoms with Crippen LogP contribution in [-0.4, -0.2) is 34.3 Å². The predicted octanol–water partition coefficient (Wildman–Crippen LogP) is 2.60. The zero-order valence-corrected chi connectivity index (χ0v) is 13.3. The Labute approximate surface area is 122 Å². The molecule has 20 heavy (non-hydrogen) atoms. The van der Waals surface area contributed by atoms with Crippen LogP contribution in [0.4, 0.5) is 11.6 Å². The molecule has 5 nitrogen and oxygen atoms in total. The van der Waals surface area contributed by atoms with Gasteiger partial charge in [0.15, 0.2) is 0 Å². The lowest BCUT2D eigenvalue weighted by Gasteiger charge is -2.23. The molecule has 0 saturated heterocycles. The summed E-state index contributed by atoms with van der Waals surface area (Å²) in [7, 11) is 0. The highest BCUT2D eigenvalue weighted by molar-refractivity contribution is 5.57. The molecule has 1 aromatic rings. The summed E-state index contributed by atoms with van der Waals surface area (Å²) in [4.78, 5) is 9.10. The van der Waals surface area contributed by atoms with E-state index in [9.17, 15) is 5.11 Å². The van der Waals surface area contributed by atoms with E-state index in [1.807, 2.05) is 13.8 Å². The lowest BCUT2D eigenvalue weighted by Crippen LogP contribution is -2.30. The van der Waals surface area contributed by atoms with Gasteiger partial charge in [-0.15, -0.1) is 0 Å². The molecule has 0 spiro atoms. The lowest BCUT2D eigenvalue weighted by atomic mass is 10.1. The largest absolute Gasteiger partial charge is 0.394 e. The first-order valence-corrected chi connectivity index (χ1v) is 7.52. The number of aryl methyl sites for hydroxylation is 1. The van der Waals surface area contributed by atoms with Gasteiger partial charge < -0.3 is 15.7 Å². The number of aliphatic hydroxyl groups excluding tert-OH is 1. The minimum Gasteiger partial charge on any atom is -0.394 e. The number of rotatable bonds is 8. The lowest BCUT2D eigenvalue weighted by molar-refractivity contribution is 0.249. The number of hydrogen-bond donors (Lipinski definition) is 3. The van der Waals surface area contributed by atoms with E-state index in [0.717, 1.165) is 42.4 Å². The van der Waals surface area contributed by atoms with E-state index in [1.54, 1.807) is 0 Å². The number of nitrogens with one attached hydrogen (secondary N) is 2. The molecule has 0 amide bonds. The highest BCUT2D eigenvalue weighted by atomic mass is 16.3. The Morgan fingerprint density at radius 2 is 1.80 bits per heavy atom. The van der Waals surface area contributed by atoms with Crippen LogP contribution >= 0.6 is 0 Å². The molecule has 1 atom stereocenters. The van der Waals surface area contributed by atoms with Crippen molar-refractivity contribution in [3.05, 3.63) is 11.4 Å². The van der Waals surface area contributed by atoms with E-state index < -0.39 is 0 Å². The Balaban J connectivity index is 3.04. The summed E-state index contributed by atoms with van der Waals surface area (Å²) in [5.41, 5.74) is 1.01. The van der Waals surface area contributed by atoms with Gasteiger partial charge in [-0.25, -0.2) is 9.97 Å².